The van der Waals surface area contributed by atoms with E-state index in [1.165, 1.54) is 5.56 Å². The van der Waals surface area contributed by atoms with Crippen molar-refractivity contribution >= 4 is 5.82 Å². The lowest BCUT2D eigenvalue weighted by molar-refractivity contribution is 0.618. The molecule has 1 aromatic heterocycles. The molecule has 1 aromatic rings. The molecule has 3 nitrogen and oxygen atoms in total. The van der Waals surface area contributed by atoms with E-state index < -0.39 is 0 Å². The lowest BCUT2D eigenvalue weighted by Gasteiger charge is -2.30. The highest BCUT2D eigenvalue weighted by Gasteiger charge is 2.15. The summed E-state index contributed by atoms with van der Waals surface area (Å²) in [5, 5.41) is 3.19. The Morgan fingerprint density at radius 1 is 1.44 bits per heavy atom. The molecule has 0 aliphatic heterocycles. The number of anilines is 1. The molecule has 0 aromatic carbocycles. The molecule has 0 bridgehead atoms. The summed E-state index contributed by atoms with van der Waals surface area (Å²) >= 11 is 0. The Morgan fingerprint density at radius 2 is 2.19 bits per heavy atom. The molecule has 16 heavy (non-hydrogen) atoms. The maximum atomic E-state index is 4.52. The van der Waals surface area contributed by atoms with Crippen LogP contribution in [0.4, 0.5) is 5.82 Å². The Bertz CT molecular complexity index is 312. The molecule has 0 saturated heterocycles. The number of hydrogen-bond donors (Lipinski definition) is 1. The number of hydrogen-bond acceptors (Lipinski definition) is 3. The molecule has 0 amide bonds. The first kappa shape index (κ1) is 13.0. The van der Waals surface area contributed by atoms with Gasteiger partial charge in [-0.2, -0.15) is 0 Å². The highest BCUT2D eigenvalue weighted by molar-refractivity contribution is 5.47. The number of pyridine rings is 1. The highest BCUT2D eigenvalue weighted by atomic mass is 15.2. The smallest absolute Gasteiger partial charge is 0.133 e. The fraction of sp³-hybridized carbons (Fsp3) is 0.615. The van der Waals surface area contributed by atoms with E-state index in [0.717, 1.165) is 25.3 Å². The van der Waals surface area contributed by atoms with Crippen LogP contribution in [-0.2, 0) is 6.54 Å². The quantitative estimate of drug-likeness (QED) is 0.799. The van der Waals surface area contributed by atoms with Crippen molar-refractivity contribution in [2.75, 3.05) is 18.5 Å². The van der Waals surface area contributed by atoms with E-state index >= 15 is 0 Å². The molecular formula is C13H23N3. The van der Waals surface area contributed by atoms with Gasteiger partial charge in [-0.05, 0) is 33.4 Å². The molecule has 90 valence electrons. The highest BCUT2D eigenvalue weighted by Crippen LogP contribution is 2.20. The minimum Gasteiger partial charge on any atom is -0.354 e. The zero-order chi connectivity index (χ0) is 12.0. The van der Waals surface area contributed by atoms with Crippen molar-refractivity contribution in [1.29, 1.82) is 0 Å². The van der Waals surface area contributed by atoms with Crippen LogP contribution in [0.5, 0.6) is 0 Å². The third-order valence-electron chi connectivity index (χ3n) is 2.97. The second-order valence-corrected chi connectivity index (χ2v) is 4.06. The van der Waals surface area contributed by atoms with Gasteiger partial charge in [0.2, 0.25) is 0 Å². The van der Waals surface area contributed by atoms with Crippen LogP contribution in [0, 0.1) is 0 Å². The molecule has 1 N–H and O–H groups in total. The first-order valence-corrected chi connectivity index (χ1v) is 6.09. The average molecular weight is 221 g/mol. The van der Waals surface area contributed by atoms with Gasteiger partial charge in [-0.1, -0.05) is 13.0 Å². The monoisotopic (exact) mass is 221 g/mol. The Kier molecular flexibility index (Phi) is 5.26. The van der Waals surface area contributed by atoms with Gasteiger partial charge in [0.25, 0.3) is 0 Å². The number of nitrogens with zero attached hydrogens (tertiary/aromatic N) is 2. The van der Waals surface area contributed by atoms with E-state index in [0.29, 0.717) is 6.04 Å². The molecule has 1 rings (SSSR count). The Hall–Kier alpha value is -1.09. The third kappa shape index (κ3) is 2.95. The van der Waals surface area contributed by atoms with Gasteiger partial charge in [-0.3, -0.25) is 0 Å². The van der Waals surface area contributed by atoms with Gasteiger partial charge in [0, 0.05) is 30.9 Å². The fourth-order valence-electron chi connectivity index (χ4n) is 1.91. The summed E-state index contributed by atoms with van der Waals surface area (Å²) < 4.78 is 0. The number of rotatable bonds is 6. The van der Waals surface area contributed by atoms with Gasteiger partial charge in [-0.25, -0.2) is 4.98 Å². The van der Waals surface area contributed by atoms with Crippen LogP contribution >= 0.6 is 0 Å². The van der Waals surface area contributed by atoms with Crippen LogP contribution in [0.1, 0.15) is 32.8 Å². The first-order chi connectivity index (χ1) is 7.74. The molecule has 1 heterocycles. The van der Waals surface area contributed by atoms with Crippen molar-refractivity contribution in [1.82, 2.24) is 10.3 Å². The summed E-state index contributed by atoms with van der Waals surface area (Å²) in [7, 11) is 1.97. The van der Waals surface area contributed by atoms with E-state index in [2.05, 4.69) is 42.0 Å². The van der Waals surface area contributed by atoms with Crippen molar-refractivity contribution < 1.29 is 0 Å². The van der Waals surface area contributed by atoms with Gasteiger partial charge >= 0.3 is 0 Å². The van der Waals surface area contributed by atoms with E-state index in [4.69, 9.17) is 0 Å². The van der Waals surface area contributed by atoms with Crippen LogP contribution in [-0.4, -0.2) is 24.6 Å². The molecule has 0 spiro atoms. The largest absolute Gasteiger partial charge is 0.354 e. The lowest BCUT2D eigenvalue weighted by atomic mass is 10.1. The summed E-state index contributed by atoms with van der Waals surface area (Å²) in [5.41, 5.74) is 1.27. The molecular weight excluding hydrogens is 198 g/mol. The van der Waals surface area contributed by atoms with Crippen LogP contribution in [0.3, 0.4) is 0 Å². The van der Waals surface area contributed by atoms with Crippen LogP contribution in [0.2, 0.25) is 0 Å². The summed E-state index contributed by atoms with van der Waals surface area (Å²) in [6, 6.07) is 4.68. The normalized spacial score (nSPS) is 12.5. The molecule has 0 aliphatic rings. The van der Waals surface area contributed by atoms with Crippen LogP contribution in [0.15, 0.2) is 18.3 Å². The molecule has 0 aliphatic carbocycles. The van der Waals surface area contributed by atoms with Gasteiger partial charge in [0.05, 0.1) is 0 Å². The Morgan fingerprint density at radius 3 is 2.75 bits per heavy atom. The lowest BCUT2D eigenvalue weighted by Crippen LogP contribution is -2.34. The van der Waals surface area contributed by atoms with Crippen molar-refractivity contribution in [3.63, 3.8) is 0 Å². The van der Waals surface area contributed by atoms with E-state index in [9.17, 15) is 0 Å². The van der Waals surface area contributed by atoms with Gasteiger partial charge in [0.1, 0.15) is 5.82 Å². The van der Waals surface area contributed by atoms with Crippen molar-refractivity contribution in [3.05, 3.63) is 23.9 Å². The Balaban J connectivity index is 2.98. The predicted octanol–water partition coefficient (Wildman–Crippen LogP) is 2.43. The second kappa shape index (κ2) is 6.48. The van der Waals surface area contributed by atoms with E-state index in [1.807, 2.05) is 19.3 Å². The van der Waals surface area contributed by atoms with Crippen molar-refractivity contribution in [2.24, 2.45) is 0 Å². The topological polar surface area (TPSA) is 28.2 Å². The minimum atomic E-state index is 0.538. The van der Waals surface area contributed by atoms with Crippen molar-refractivity contribution in [3.8, 4) is 0 Å². The Labute approximate surface area is 98.9 Å². The van der Waals surface area contributed by atoms with Gasteiger partial charge < -0.3 is 10.2 Å². The summed E-state index contributed by atoms with van der Waals surface area (Å²) in [5.74, 6) is 1.12. The maximum Gasteiger partial charge on any atom is 0.133 e. The predicted molar refractivity (Wildman–Crippen MR) is 69.8 cm³/mol. The molecule has 1 unspecified atom stereocenters. The van der Waals surface area contributed by atoms with E-state index in [-0.39, 0.29) is 0 Å². The van der Waals surface area contributed by atoms with Gasteiger partial charge in [0.15, 0.2) is 0 Å². The minimum absolute atomic E-state index is 0.538. The first-order valence-electron chi connectivity index (χ1n) is 6.09. The maximum absolute atomic E-state index is 4.52. The summed E-state index contributed by atoms with van der Waals surface area (Å²) in [6.07, 6.45) is 3.02. The van der Waals surface area contributed by atoms with Crippen LogP contribution < -0.4 is 10.2 Å². The number of nitrogens with one attached hydrogen (secondary N) is 1. The third-order valence-corrected chi connectivity index (χ3v) is 2.97. The number of aromatic nitrogens is 1. The molecule has 0 radical (unpaired) electrons. The van der Waals surface area contributed by atoms with Crippen molar-refractivity contribution in [2.45, 2.75) is 39.8 Å². The molecule has 0 saturated carbocycles. The second-order valence-electron chi connectivity index (χ2n) is 4.06. The zero-order valence-corrected chi connectivity index (χ0v) is 10.8. The average Bonchev–Trinajstić information content (AvgIpc) is 2.32. The zero-order valence-electron chi connectivity index (χ0n) is 10.8. The van der Waals surface area contributed by atoms with Gasteiger partial charge in [-0.15, -0.1) is 0 Å². The summed E-state index contributed by atoms with van der Waals surface area (Å²) in [4.78, 5) is 6.89. The fourth-order valence-corrected chi connectivity index (χ4v) is 1.91. The van der Waals surface area contributed by atoms with Crippen LogP contribution in [0.25, 0.3) is 0 Å². The molecule has 1 atom stereocenters. The SMILES string of the molecule is CCC(C)N(CC)c1ncccc1CNC. The standard InChI is InChI=1S/C13H23N3/c1-5-11(3)16(6-2)13-12(10-14-4)8-7-9-15-13/h7-9,11,14H,5-6,10H2,1-4H3. The molecule has 0 fully saturated rings. The molecule has 3 heteroatoms. The van der Waals surface area contributed by atoms with E-state index in [1.54, 1.807) is 0 Å². The summed E-state index contributed by atoms with van der Waals surface area (Å²) in [6.45, 7) is 8.53.